The lowest BCUT2D eigenvalue weighted by atomic mass is 9.96. The van der Waals surface area contributed by atoms with E-state index in [1.807, 2.05) is 4.90 Å². The summed E-state index contributed by atoms with van der Waals surface area (Å²) in [4.78, 5) is 14.4. The summed E-state index contributed by atoms with van der Waals surface area (Å²) in [5, 5.41) is 0. The van der Waals surface area contributed by atoms with E-state index in [4.69, 9.17) is 11.6 Å². The average Bonchev–Trinajstić information content (AvgIpc) is 2.75. The molecule has 0 aliphatic carbocycles. The lowest BCUT2D eigenvalue weighted by Gasteiger charge is -2.27. The molecule has 2 nitrogen and oxygen atoms in total. The lowest BCUT2D eigenvalue weighted by molar-refractivity contribution is -0.136. The number of amides is 1. The fourth-order valence-electron chi connectivity index (χ4n) is 2.61. The van der Waals surface area contributed by atoms with Crippen molar-refractivity contribution in [1.82, 2.24) is 4.90 Å². The first kappa shape index (κ1) is 13.8. The quantitative estimate of drug-likeness (QED) is 0.657. The van der Waals surface area contributed by atoms with E-state index in [0.717, 1.165) is 45.1 Å². The van der Waals surface area contributed by atoms with Crippen LogP contribution >= 0.6 is 11.6 Å². The highest BCUT2D eigenvalue weighted by molar-refractivity contribution is 6.18. The molecule has 3 heteroatoms. The molecule has 1 saturated heterocycles. The van der Waals surface area contributed by atoms with Crippen molar-refractivity contribution >= 4 is 17.5 Å². The first-order valence-electron chi connectivity index (χ1n) is 6.61. The SMILES string of the molecule is CCCC(CCC)C(=O)N1CCCC1CCl. The number of alkyl halides is 1. The molecular formula is C13H24ClNO. The Kier molecular flexibility index (Phi) is 6.18. The Hall–Kier alpha value is -0.240. The summed E-state index contributed by atoms with van der Waals surface area (Å²) in [7, 11) is 0. The van der Waals surface area contributed by atoms with Crippen LogP contribution in [0.25, 0.3) is 0 Å². The molecule has 1 fully saturated rings. The van der Waals surface area contributed by atoms with Gasteiger partial charge in [0.15, 0.2) is 0 Å². The van der Waals surface area contributed by atoms with Crippen molar-refractivity contribution in [2.45, 2.75) is 58.4 Å². The summed E-state index contributed by atoms with van der Waals surface area (Å²) in [6.07, 6.45) is 6.44. The van der Waals surface area contributed by atoms with E-state index in [2.05, 4.69) is 13.8 Å². The Morgan fingerprint density at radius 2 is 2.00 bits per heavy atom. The molecule has 1 aliphatic rings. The Balaban J connectivity index is 2.58. The number of nitrogens with zero attached hydrogens (tertiary/aromatic N) is 1. The fraction of sp³-hybridized carbons (Fsp3) is 0.923. The molecule has 0 aromatic carbocycles. The zero-order chi connectivity index (χ0) is 12.0. The fourth-order valence-corrected chi connectivity index (χ4v) is 2.93. The maximum atomic E-state index is 12.4. The number of rotatable bonds is 6. The number of hydrogen-bond donors (Lipinski definition) is 0. The second kappa shape index (κ2) is 7.16. The molecule has 0 radical (unpaired) electrons. The summed E-state index contributed by atoms with van der Waals surface area (Å²) in [6, 6.07) is 0.297. The second-order valence-corrected chi connectivity index (χ2v) is 5.06. The topological polar surface area (TPSA) is 20.3 Å². The van der Waals surface area contributed by atoms with Crippen molar-refractivity contribution < 1.29 is 4.79 Å². The van der Waals surface area contributed by atoms with E-state index in [1.165, 1.54) is 0 Å². The van der Waals surface area contributed by atoms with Crippen molar-refractivity contribution in [2.75, 3.05) is 12.4 Å². The van der Waals surface area contributed by atoms with E-state index in [0.29, 0.717) is 17.8 Å². The summed E-state index contributed by atoms with van der Waals surface area (Å²) in [5.41, 5.74) is 0. The molecule has 1 rings (SSSR count). The van der Waals surface area contributed by atoms with Crippen LogP contribution in [-0.4, -0.2) is 29.3 Å². The summed E-state index contributed by atoms with van der Waals surface area (Å²) < 4.78 is 0. The average molecular weight is 246 g/mol. The highest BCUT2D eigenvalue weighted by Crippen LogP contribution is 2.24. The second-order valence-electron chi connectivity index (χ2n) is 4.76. The van der Waals surface area contributed by atoms with Gasteiger partial charge in [-0.15, -0.1) is 11.6 Å². The predicted molar refractivity (Wildman–Crippen MR) is 68.8 cm³/mol. The van der Waals surface area contributed by atoms with Crippen LogP contribution in [0, 0.1) is 5.92 Å². The van der Waals surface area contributed by atoms with Gasteiger partial charge in [-0.05, 0) is 25.7 Å². The van der Waals surface area contributed by atoms with Crippen LogP contribution in [0.1, 0.15) is 52.4 Å². The van der Waals surface area contributed by atoms with Gasteiger partial charge in [0.1, 0.15) is 0 Å². The molecule has 94 valence electrons. The number of carbonyl (C=O) groups excluding carboxylic acids is 1. The smallest absolute Gasteiger partial charge is 0.225 e. The van der Waals surface area contributed by atoms with Crippen LogP contribution in [0.3, 0.4) is 0 Å². The van der Waals surface area contributed by atoms with Gasteiger partial charge in [-0.3, -0.25) is 4.79 Å². The van der Waals surface area contributed by atoms with Crippen LogP contribution in [-0.2, 0) is 4.79 Å². The maximum absolute atomic E-state index is 12.4. The van der Waals surface area contributed by atoms with E-state index in [9.17, 15) is 4.79 Å². The first-order valence-corrected chi connectivity index (χ1v) is 7.14. The van der Waals surface area contributed by atoms with Gasteiger partial charge in [0.2, 0.25) is 5.91 Å². The predicted octanol–water partition coefficient (Wildman–Crippen LogP) is 3.43. The molecule has 0 aromatic heterocycles. The van der Waals surface area contributed by atoms with Gasteiger partial charge < -0.3 is 4.90 Å². The highest BCUT2D eigenvalue weighted by Gasteiger charge is 2.31. The molecule has 0 bridgehead atoms. The zero-order valence-corrected chi connectivity index (χ0v) is 11.3. The van der Waals surface area contributed by atoms with Crippen LogP contribution in [0.4, 0.5) is 0 Å². The first-order chi connectivity index (χ1) is 7.74. The van der Waals surface area contributed by atoms with Gasteiger partial charge in [-0.2, -0.15) is 0 Å². The highest BCUT2D eigenvalue weighted by atomic mass is 35.5. The van der Waals surface area contributed by atoms with Gasteiger partial charge in [-0.25, -0.2) is 0 Å². The monoisotopic (exact) mass is 245 g/mol. The van der Waals surface area contributed by atoms with Crippen LogP contribution < -0.4 is 0 Å². The Morgan fingerprint density at radius 1 is 1.38 bits per heavy atom. The molecule has 1 unspecified atom stereocenters. The lowest BCUT2D eigenvalue weighted by Crippen LogP contribution is -2.40. The van der Waals surface area contributed by atoms with Crippen molar-refractivity contribution in [3.63, 3.8) is 0 Å². The maximum Gasteiger partial charge on any atom is 0.225 e. The summed E-state index contributed by atoms with van der Waals surface area (Å²) in [5.74, 6) is 1.18. The van der Waals surface area contributed by atoms with Crippen LogP contribution in [0.2, 0.25) is 0 Å². The van der Waals surface area contributed by atoms with Crippen LogP contribution in [0.5, 0.6) is 0 Å². The minimum absolute atomic E-state index is 0.235. The van der Waals surface area contributed by atoms with Gasteiger partial charge >= 0.3 is 0 Å². The number of hydrogen-bond acceptors (Lipinski definition) is 1. The molecule has 0 spiro atoms. The Bertz CT molecular complexity index is 214. The minimum Gasteiger partial charge on any atom is -0.338 e. The van der Waals surface area contributed by atoms with E-state index < -0.39 is 0 Å². The summed E-state index contributed by atoms with van der Waals surface area (Å²) in [6.45, 7) is 5.22. The summed E-state index contributed by atoms with van der Waals surface area (Å²) >= 11 is 5.91. The van der Waals surface area contributed by atoms with Crippen molar-refractivity contribution in [2.24, 2.45) is 5.92 Å². The zero-order valence-electron chi connectivity index (χ0n) is 10.5. The Morgan fingerprint density at radius 3 is 2.50 bits per heavy atom. The van der Waals surface area contributed by atoms with Crippen molar-refractivity contribution in [1.29, 1.82) is 0 Å². The molecule has 1 heterocycles. The minimum atomic E-state index is 0.235. The van der Waals surface area contributed by atoms with Gasteiger partial charge in [0.25, 0.3) is 0 Å². The van der Waals surface area contributed by atoms with Gasteiger partial charge in [0.05, 0.1) is 0 Å². The number of carbonyl (C=O) groups is 1. The van der Waals surface area contributed by atoms with Gasteiger partial charge in [0, 0.05) is 24.4 Å². The molecule has 0 N–H and O–H groups in total. The third-order valence-electron chi connectivity index (χ3n) is 3.46. The van der Waals surface area contributed by atoms with Crippen molar-refractivity contribution in [3.8, 4) is 0 Å². The van der Waals surface area contributed by atoms with Gasteiger partial charge in [-0.1, -0.05) is 26.7 Å². The molecule has 1 amide bonds. The van der Waals surface area contributed by atoms with E-state index >= 15 is 0 Å². The third-order valence-corrected chi connectivity index (χ3v) is 3.82. The Labute approximate surface area is 104 Å². The molecule has 0 saturated carbocycles. The normalized spacial score (nSPS) is 20.8. The van der Waals surface area contributed by atoms with Crippen LogP contribution in [0.15, 0.2) is 0 Å². The largest absolute Gasteiger partial charge is 0.338 e. The molecule has 0 aromatic rings. The molecule has 1 atom stereocenters. The molecular weight excluding hydrogens is 222 g/mol. The third kappa shape index (κ3) is 3.38. The van der Waals surface area contributed by atoms with Crippen molar-refractivity contribution in [3.05, 3.63) is 0 Å². The molecule has 1 aliphatic heterocycles. The van der Waals surface area contributed by atoms with E-state index in [-0.39, 0.29) is 5.92 Å². The number of likely N-dealkylation sites (tertiary alicyclic amines) is 1. The number of halogens is 1. The standard InChI is InChI=1S/C13H24ClNO/c1-3-6-11(7-4-2)13(16)15-9-5-8-12(15)10-14/h11-12H,3-10H2,1-2H3. The molecule has 16 heavy (non-hydrogen) atoms. The van der Waals surface area contributed by atoms with E-state index in [1.54, 1.807) is 0 Å².